The number of hydrogen-bond acceptors (Lipinski definition) is 2. The molecule has 100 valence electrons. The van der Waals surface area contributed by atoms with Gasteiger partial charge >= 0.3 is 5.97 Å². The molecule has 0 aliphatic rings. The molecule has 0 fully saturated rings. The lowest BCUT2D eigenvalue weighted by Gasteiger charge is -2.14. The van der Waals surface area contributed by atoms with Crippen molar-refractivity contribution in [1.29, 1.82) is 0 Å². The van der Waals surface area contributed by atoms with E-state index in [0.29, 0.717) is 18.1 Å². The van der Waals surface area contributed by atoms with Gasteiger partial charge in [0.25, 0.3) is 0 Å². The second-order valence-corrected chi connectivity index (χ2v) is 5.77. The molecule has 1 rings (SSSR count). The minimum Gasteiger partial charge on any atom is -0.462 e. The maximum atomic E-state index is 11.8. The summed E-state index contributed by atoms with van der Waals surface area (Å²) in [6.45, 7) is 4.88. The van der Waals surface area contributed by atoms with Crippen molar-refractivity contribution >= 4 is 28.6 Å². The smallest absolute Gasteiger partial charge is 0.338 e. The zero-order chi connectivity index (χ0) is 13.4. The van der Waals surface area contributed by atoms with Crippen LogP contribution in [-0.4, -0.2) is 12.6 Å². The van der Waals surface area contributed by atoms with Crippen LogP contribution in [0.25, 0.3) is 0 Å². The number of halogens is 1. The molecule has 0 spiro atoms. The van der Waals surface area contributed by atoms with E-state index in [1.807, 2.05) is 24.3 Å². The van der Waals surface area contributed by atoms with Gasteiger partial charge in [-0.2, -0.15) is 0 Å². The Morgan fingerprint density at radius 2 is 1.94 bits per heavy atom. The van der Waals surface area contributed by atoms with Crippen molar-refractivity contribution in [2.24, 2.45) is 5.92 Å². The number of rotatable bonds is 7. The third-order valence-corrected chi connectivity index (χ3v) is 3.79. The normalized spacial score (nSPS) is 12.2. The average Bonchev–Trinajstić information content (AvgIpc) is 2.39. The van der Waals surface area contributed by atoms with E-state index >= 15 is 0 Å². The Balaban J connectivity index is 2.42. The average molecular weight is 360 g/mol. The summed E-state index contributed by atoms with van der Waals surface area (Å²) in [6.07, 6.45) is 4.62. The van der Waals surface area contributed by atoms with Crippen LogP contribution in [-0.2, 0) is 4.74 Å². The van der Waals surface area contributed by atoms with Gasteiger partial charge in [-0.3, -0.25) is 0 Å². The minimum absolute atomic E-state index is 0.207. The second-order valence-electron chi connectivity index (χ2n) is 4.52. The van der Waals surface area contributed by atoms with Crippen LogP contribution in [0.4, 0.5) is 0 Å². The molecule has 0 heterocycles. The molecule has 1 aromatic carbocycles. The summed E-state index contributed by atoms with van der Waals surface area (Å²) in [5.41, 5.74) is 0.640. The van der Waals surface area contributed by atoms with Crippen LogP contribution in [0, 0.1) is 9.49 Å². The Kier molecular flexibility index (Phi) is 7.32. The molecule has 0 radical (unpaired) electrons. The van der Waals surface area contributed by atoms with Crippen LogP contribution in [0.3, 0.4) is 0 Å². The second kappa shape index (κ2) is 8.51. The van der Waals surface area contributed by atoms with Crippen molar-refractivity contribution in [1.82, 2.24) is 0 Å². The van der Waals surface area contributed by atoms with Crippen molar-refractivity contribution in [3.05, 3.63) is 33.4 Å². The van der Waals surface area contributed by atoms with E-state index in [0.717, 1.165) is 16.4 Å². The van der Waals surface area contributed by atoms with Crippen molar-refractivity contribution < 1.29 is 9.53 Å². The SMILES string of the molecule is CCCCC(CC)COC(=O)c1ccc(I)cc1. The van der Waals surface area contributed by atoms with Crippen molar-refractivity contribution in [2.75, 3.05) is 6.61 Å². The summed E-state index contributed by atoms with van der Waals surface area (Å²) < 4.78 is 6.50. The molecular weight excluding hydrogens is 339 g/mol. The monoisotopic (exact) mass is 360 g/mol. The summed E-state index contributed by atoms with van der Waals surface area (Å²) in [5.74, 6) is 0.291. The maximum Gasteiger partial charge on any atom is 0.338 e. The van der Waals surface area contributed by atoms with E-state index in [9.17, 15) is 4.79 Å². The zero-order valence-corrected chi connectivity index (χ0v) is 13.3. The molecule has 2 nitrogen and oxygen atoms in total. The minimum atomic E-state index is -0.207. The Bertz CT molecular complexity index is 359. The van der Waals surface area contributed by atoms with E-state index in [4.69, 9.17) is 4.74 Å². The summed E-state index contributed by atoms with van der Waals surface area (Å²) in [4.78, 5) is 11.8. The van der Waals surface area contributed by atoms with Gasteiger partial charge < -0.3 is 4.74 Å². The first-order valence-electron chi connectivity index (χ1n) is 6.60. The molecule has 0 bridgehead atoms. The van der Waals surface area contributed by atoms with Crippen LogP contribution in [0.5, 0.6) is 0 Å². The molecule has 0 aliphatic heterocycles. The standard InChI is InChI=1S/C15H21IO2/c1-3-5-6-12(4-2)11-18-15(17)13-7-9-14(16)10-8-13/h7-10,12H,3-6,11H2,1-2H3. The number of hydrogen-bond donors (Lipinski definition) is 0. The number of benzene rings is 1. The Labute approximate surface area is 123 Å². The predicted octanol–water partition coefficient (Wildman–Crippen LogP) is 4.66. The molecule has 0 saturated heterocycles. The van der Waals surface area contributed by atoms with Crippen LogP contribution in [0.15, 0.2) is 24.3 Å². The third kappa shape index (κ3) is 5.38. The van der Waals surface area contributed by atoms with Crippen LogP contribution in [0.2, 0.25) is 0 Å². The van der Waals surface area contributed by atoms with Crippen molar-refractivity contribution in [3.63, 3.8) is 0 Å². The van der Waals surface area contributed by atoms with Crippen molar-refractivity contribution in [3.8, 4) is 0 Å². The molecule has 18 heavy (non-hydrogen) atoms. The quantitative estimate of drug-likeness (QED) is 0.522. The summed E-state index contributed by atoms with van der Waals surface area (Å²) in [6, 6.07) is 7.48. The predicted molar refractivity (Wildman–Crippen MR) is 82.7 cm³/mol. The Hall–Kier alpha value is -0.580. The molecule has 0 N–H and O–H groups in total. The van der Waals surface area contributed by atoms with Crippen molar-refractivity contribution in [2.45, 2.75) is 39.5 Å². The lowest BCUT2D eigenvalue weighted by Crippen LogP contribution is -2.14. The van der Waals surface area contributed by atoms with E-state index in [1.54, 1.807) is 0 Å². The lowest BCUT2D eigenvalue weighted by atomic mass is 10.0. The van der Waals surface area contributed by atoms with Crippen LogP contribution < -0.4 is 0 Å². The highest BCUT2D eigenvalue weighted by molar-refractivity contribution is 14.1. The first kappa shape index (κ1) is 15.5. The Morgan fingerprint density at radius 3 is 2.50 bits per heavy atom. The largest absolute Gasteiger partial charge is 0.462 e. The highest BCUT2D eigenvalue weighted by Crippen LogP contribution is 2.14. The van der Waals surface area contributed by atoms with Gasteiger partial charge in [0, 0.05) is 3.57 Å². The Morgan fingerprint density at radius 1 is 1.28 bits per heavy atom. The fourth-order valence-electron chi connectivity index (χ4n) is 1.76. The molecule has 1 aromatic rings. The number of ether oxygens (including phenoxy) is 1. The van der Waals surface area contributed by atoms with Crippen LogP contribution >= 0.6 is 22.6 Å². The van der Waals surface area contributed by atoms with Crippen LogP contribution in [0.1, 0.15) is 49.9 Å². The number of carbonyl (C=O) groups excluding carboxylic acids is 1. The van der Waals surface area contributed by atoms with Gasteiger partial charge in [-0.05, 0) is 59.2 Å². The molecule has 0 saturated carbocycles. The molecule has 1 unspecified atom stereocenters. The van der Waals surface area contributed by atoms with E-state index in [2.05, 4.69) is 36.4 Å². The van der Waals surface area contributed by atoms with E-state index < -0.39 is 0 Å². The fourth-order valence-corrected chi connectivity index (χ4v) is 2.12. The molecule has 0 aliphatic carbocycles. The summed E-state index contributed by atoms with van der Waals surface area (Å²) in [5, 5.41) is 0. The lowest BCUT2D eigenvalue weighted by molar-refractivity contribution is 0.0428. The molecule has 1 atom stereocenters. The fraction of sp³-hybridized carbons (Fsp3) is 0.533. The highest BCUT2D eigenvalue weighted by Gasteiger charge is 2.11. The van der Waals surface area contributed by atoms with Gasteiger partial charge in [0.2, 0.25) is 0 Å². The molecule has 0 amide bonds. The first-order valence-corrected chi connectivity index (χ1v) is 7.67. The first-order chi connectivity index (χ1) is 8.67. The van der Waals surface area contributed by atoms with E-state index in [-0.39, 0.29) is 5.97 Å². The third-order valence-electron chi connectivity index (χ3n) is 3.07. The van der Waals surface area contributed by atoms with Gasteiger partial charge in [0.1, 0.15) is 0 Å². The zero-order valence-electron chi connectivity index (χ0n) is 11.1. The van der Waals surface area contributed by atoms with Gasteiger partial charge in [0.15, 0.2) is 0 Å². The molecule has 3 heteroatoms. The summed E-state index contributed by atoms with van der Waals surface area (Å²) >= 11 is 2.22. The van der Waals surface area contributed by atoms with E-state index in [1.165, 1.54) is 12.8 Å². The van der Waals surface area contributed by atoms with Gasteiger partial charge in [-0.25, -0.2) is 4.79 Å². The maximum absolute atomic E-state index is 11.8. The van der Waals surface area contributed by atoms with Gasteiger partial charge in [-0.15, -0.1) is 0 Å². The number of carbonyl (C=O) groups is 1. The molecular formula is C15H21IO2. The van der Waals surface area contributed by atoms with Gasteiger partial charge in [0.05, 0.1) is 12.2 Å². The number of esters is 1. The van der Waals surface area contributed by atoms with Gasteiger partial charge in [-0.1, -0.05) is 33.1 Å². The molecule has 0 aromatic heterocycles. The highest BCUT2D eigenvalue weighted by atomic mass is 127. The number of unbranched alkanes of at least 4 members (excludes halogenated alkanes) is 1. The topological polar surface area (TPSA) is 26.3 Å². The summed E-state index contributed by atoms with van der Waals surface area (Å²) in [7, 11) is 0.